The Morgan fingerprint density at radius 2 is 2.12 bits per heavy atom. The van der Waals surface area contributed by atoms with Gasteiger partial charge < -0.3 is 14.3 Å². The van der Waals surface area contributed by atoms with Gasteiger partial charge in [-0.15, -0.1) is 0 Å². The molecule has 2 heterocycles. The maximum Gasteiger partial charge on any atom is 0.312 e. The first-order valence-electron chi connectivity index (χ1n) is 9.26. The fourth-order valence-electron chi connectivity index (χ4n) is 6.30. The van der Waals surface area contributed by atoms with Crippen LogP contribution in [0.3, 0.4) is 0 Å². The normalized spacial score (nSPS) is 47.3. The Morgan fingerprint density at radius 1 is 1.33 bits per heavy atom. The van der Waals surface area contributed by atoms with Crippen molar-refractivity contribution in [1.82, 2.24) is 0 Å². The molecule has 0 aromatic carbocycles. The number of rotatable bonds is 3. The van der Waals surface area contributed by atoms with Crippen LogP contribution in [0.5, 0.6) is 0 Å². The van der Waals surface area contributed by atoms with Gasteiger partial charge in [-0.2, -0.15) is 0 Å². The van der Waals surface area contributed by atoms with Crippen molar-refractivity contribution < 1.29 is 19.1 Å². The van der Waals surface area contributed by atoms with E-state index in [1.165, 1.54) is 0 Å². The van der Waals surface area contributed by atoms with Crippen LogP contribution in [0.15, 0.2) is 23.0 Å². The van der Waals surface area contributed by atoms with E-state index in [1.54, 1.807) is 12.5 Å². The lowest BCUT2D eigenvalue weighted by Gasteiger charge is -2.61. The summed E-state index contributed by atoms with van der Waals surface area (Å²) in [6.45, 7) is 6.38. The van der Waals surface area contributed by atoms with E-state index in [4.69, 9.17) is 9.15 Å². The van der Waals surface area contributed by atoms with Gasteiger partial charge in [-0.3, -0.25) is 4.79 Å². The Hall–Kier alpha value is -1.29. The summed E-state index contributed by atoms with van der Waals surface area (Å²) in [4.78, 5) is 12.6. The molecule has 1 aliphatic heterocycles. The Labute approximate surface area is 143 Å². The van der Waals surface area contributed by atoms with Gasteiger partial charge in [-0.1, -0.05) is 20.3 Å². The van der Waals surface area contributed by atoms with E-state index in [0.29, 0.717) is 6.42 Å². The summed E-state index contributed by atoms with van der Waals surface area (Å²) in [5.41, 5.74) is -0.362. The number of furan rings is 1. The van der Waals surface area contributed by atoms with Gasteiger partial charge in [-0.25, -0.2) is 0 Å². The van der Waals surface area contributed by atoms with Crippen molar-refractivity contribution in [2.24, 2.45) is 22.7 Å². The molecule has 0 bridgehead atoms. The van der Waals surface area contributed by atoms with Crippen molar-refractivity contribution in [1.29, 1.82) is 0 Å². The number of aliphatic hydroxyl groups is 1. The van der Waals surface area contributed by atoms with Crippen LogP contribution in [-0.4, -0.2) is 22.8 Å². The molecule has 2 saturated carbocycles. The largest absolute Gasteiger partial charge is 0.472 e. The summed E-state index contributed by atoms with van der Waals surface area (Å²) >= 11 is 0. The first kappa shape index (κ1) is 16.2. The molecule has 1 aromatic rings. The highest BCUT2D eigenvalue weighted by Crippen LogP contribution is 2.67. The molecule has 3 fully saturated rings. The molecule has 1 N–H and O–H groups in total. The third kappa shape index (κ3) is 1.92. The fraction of sp³-hybridized carbons (Fsp3) is 0.750. The van der Waals surface area contributed by atoms with Crippen molar-refractivity contribution >= 4 is 5.97 Å². The van der Waals surface area contributed by atoms with Crippen molar-refractivity contribution in [2.75, 3.05) is 0 Å². The molecule has 24 heavy (non-hydrogen) atoms. The van der Waals surface area contributed by atoms with Crippen LogP contribution in [-0.2, 0) is 16.0 Å². The van der Waals surface area contributed by atoms with Crippen molar-refractivity contribution in [2.45, 2.75) is 71.0 Å². The first-order valence-corrected chi connectivity index (χ1v) is 9.26. The summed E-state index contributed by atoms with van der Waals surface area (Å²) in [6, 6.07) is 1.97. The molecule has 4 rings (SSSR count). The second kappa shape index (κ2) is 5.10. The lowest BCUT2D eigenvalue weighted by molar-refractivity contribution is -0.217. The van der Waals surface area contributed by atoms with E-state index in [0.717, 1.165) is 37.7 Å². The second-order valence-electron chi connectivity index (χ2n) is 8.80. The number of carbonyl (C=O) groups is 1. The summed E-state index contributed by atoms with van der Waals surface area (Å²) in [6.07, 6.45) is 8.51. The third-order valence-electron chi connectivity index (χ3n) is 7.63. The van der Waals surface area contributed by atoms with E-state index < -0.39 is 11.0 Å². The van der Waals surface area contributed by atoms with Crippen LogP contribution in [0.25, 0.3) is 0 Å². The zero-order valence-corrected chi connectivity index (χ0v) is 14.9. The van der Waals surface area contributed by atoms with Crippen LogP contribution < -0.4 is 0 Å². The molecular weight excluding hydrogens is 304 g/mol. The molecular formula is C20H28O4. The van der Waals surface area contributed by atoms with Crippen molar-refractivity contribution in [3.8, 4) is 0 Å². The summed E-state index contributed by atoms with van der Waals surface area (Å²) in [5.74, 6) is 0.190. The van der Waals surface area contributed by atoms with Crippen LogP contribution in [0.4, 0.5) is 0 Å². The molecule has 0 amide bonds. The van der Waals surface area contributed by atoms with E-state index in [-0.39, 0.29) is 29.3 Å². The van der Waals surface area contributed by atoms with Crippen LogP contribution in [0, 0.1) is 22.7 Å². The highest BCUT2D eigenvalue weighted by atomic mass is 16.6. The average molecular weight is 332 g/mol. The maximum absolute atomic E-state index is 12.6. The van der Waals surface area contributed by atoms with Gasteiger partial charge in [0.1, 0.15) is 6.10 Å². The van der Waals surface area contributed by atoms with Crippen LogP contribution >= 0.6 is 0 Å². The Balaban J connectivity index is 1.70. The SMILES string of the molecule is C[C@H]1C[C@H]2OC(=O)[C@@]3(C)CCC[C@](C)([C@@H]23)[C@]1(O)CCc1ccoc1. The monoisotopic (exact) mass is 332 g/mol. The standard InChI is InChI=1S/C20H28O4/c1-13-11-15-16-18(2,17(21)24-15)7-4-8-19(16,3)20(13,22)9-5-14-6-10-23-12-14/h6,10,12-13,15-16,22H,4-5,7-9,11H2,1-3H3/t13-,15+,16-,18-,19+,20-/m0/s1. The van der Waals surface area contributed by atoms with Crippen molar-refractivity contribution in [3.05, 3.63) is 24.2 Å². The minimum absolute atomic E-state index is 0.0306. The minimum Gasteiger partial charge on any atom is -0.472 e. The third-order valence-corrected chi connectivity index (χ3v) is 7.63. The van der Waals surface area contributed by atoms with Crippen LogP contribution in [0.2, 0.25) is 0 Å². The smallest absolute Gasteiger partial charge is 0.312 e. The Kier molecular flexibility index (Phi) is 3.44. The predicted molar refractivity (Wildman–Crippen MR) is 89.2 cm³/mol. The summed E-state index contributed by atoms with van der Waals surface area (Å²) < 4.78 is 11.0. The van der Waals surface area contributed by atoms with Gasteiger partial charge in [-0.05, 0) is 56.6 Å². The molecule has 0 unspecified atom stereocenters. The molecule has 132 valence electrons. The topological polar surface area (TPSA) is 59.7 Å². The van der Waals surface area contributed by atoms with E-state index in [1.807, 2.05) is 6.07 Å². The Morgan fingerprint density at radius 3 is 2.83 bits per heavy atom. The lowest BCUT2D eigenvalue weighted by atomic mass is 9.44. The van der Waals surface area contributed by atoms with Gasteiger partial charge in [0.05, 0.1) is 23.5 Å². The molecule has 3 aliphatic rings. The van der Waals surface area contributed by atoms with Gasteiger partial charge in [0, 0.05) is 11.3 Å². The van der Waals surface area contributed by atoms with Crippen molar-refractivity contribution in [3.63, 3.8) is 0 Å². The van der Waals surface area contributed by atoms with Gasteiger partial charge in [0.2, 0.25) is 0 Å². The lowest BCUT2D eigenvalue weighted by Crippen LogP contribution is -2.65. The number of hydrogen-bond donors (Lipinski definition) is 1. The van der Waals surface area contributed by atoms with Gasteiger partial charge in [0.15, 0.2) is 0 Å². The minimum atomic E-state index is -0.777. The quantitative estimate of drug-likeness (QED) is 0.857. The molecule has 1 saturated heterocycles. The molecule has 0 spiro atoms. The molecule has 1 aromatic heterocycles. The van der Waals surface area contributed by atoms with E-state index in [9.17, 15) is 9.90 Å². The summed E-state index contributed by atoms with van der Waals surface area (Å²) in [7, 11) is 0. The molecule has 2 aliphatic carbocycles. The molecule has 0 radical (unpaired) electrons. The highest BCUT2D eigenvalue weighted by molar-refractivity contribution is 5.80. The number of esters is 1. The molecule has 4 nitrogen and oxygen atoms in total. The zero-order chi connectivity index (χ0) is 17.2. The number of carbonyl (C=O) groups excluding carboxylic acids is 1. The number of ether oxygens (including phenoxy) is 1. The van der Waals surface area contributed by atoms with Crippen LogP contribution in [0.1, 0.15) is 58.4 Å². The molecule has 6 atom stereocenters. The average Bonchev–Trinajstić information content (AvgIpc) is 3.12. The Bertz CT molecular complexity index is 638. The van der Waals surface area contributed by atoms with Gasteiger partial charge in [0.25, 0.3) is 0 Å². The first-order chi connectivity index (χ1) is 11.3. The van der Waals surface area contributed by atoms with E-state index >= 15 is 0 Å². The van der Waals surface area contributed by atoms with E-state index in [2.05, 4.69) is 20.8 Å². The highest BCUT2D eigenvalue weighted by Gasteiger charge is 2.70. The predicted octanol–water partition coefficient (Wildman–Crippen LogP) is 3.72. The van der Waals surface area contributed by atoms with Gasteiger partial charge >= 0.3 is 5.97 Å². The summed E-state index contributed by atoms with van der Waals surface area (Å²) in [5, 5.41) is 11.9. The number of aryl methyl sites for hydroxylation is 1. The maximum atomic E-state index is 12.6. The zero-order valence-electron chi connectivity index (χ0n) is 14.9. The number of hydrogen-bond acceptors (Lipinski definition) is 4. The fourth-order valence-corrected chi connectivity index (χ4v) is 6.30. The molecule has 4 heteroatoms. The second-order valence-corrected chi connectivity index (χ2v) is 8.80.